The van der Waals surface area contributed by atoms with Gasteiger partial charge in [0.25, 0.3) is 0 Å². The molecule has 15 heavy (non-hydrogen) atoms. The van der Waals surface area contributed by atoms with Gasteiger partial charge in [0.15, 0.2) is 0 Å². The lowest BCUT2D eigenvalue weighted by atomic mass is 9.89. The smallest absolute Gasteiger partial charge is 0.0992 e. The van der Waals surface area contributed by atoms with E-state index in [4.69, 9.17) is 22.0 Å². The Kier molecular flexibility index (Phi) is 2.81. The Morgan fingerprint density at radius 3 is 2.73 bits per heavy atom. The third kappa shape index (κ3) is 2.23. The molecule has 0 spiro atoms. The van der Waals surface area contributed by atoms with Gasteiger partial charge < -0.3 is 10.4 Å². The van der Waals surface area contributed by atoms with E-state index in [1.54, 1.807) is 18.2 Å². The molecule has 0 aromatic heterocycles. The van der Waals surface area contributed by atoms with Gasteiger partial charge in [0.1, 0.15) is 0 Å². The molecular formula is C11H11ClN2O. The average Bonchev–Trinajstić information content (AvgIpc) is 2.18. The van der Waals surface area contributed by atoms with Crippen molar-refractivity contribution in [2.75, 3.05) is 5.32 Å². The monoisotopic (exact) mass is 222 g/mol. The van der Waals surface area contributed by atoms with E-state index in [-0.39, 0.29) is 6.10 Å². The van der Waals surface area contributed by atoms with Crippen LogP contribution in [0.4, 0.5) is 5.69 Å². The zero-order chi connectivity index (χ0) is 10.8. The van der Waals surface area contributed by atoms with Gasteiger partial charge in [-0.3, -0.25) is 0 Å². The number of rotatable bonds is 2. The van der Waals surface area contributed by atoms with Gasteiger partial charge in [-0.1, -0.05) is 11.6 Å². The van der Waals surface area contributed by atoms with Gasteiger partial charge in [0.2, 0.25) is 0 Å². The highest BCUT2D eigenvalue weighted by molar-refractivity contribution is 6.33. The number of hydrogen-bond acceptors (Lipinski definition) is 3. The molecule has 0 heterocycles. The SMILES string of the molecule is N#Cc1ccc(NC2CC(O)C2)c(Cl)c1. The summed E-state index contributed by atoms with van der Waals surface area (Å²) >= 11 is 5.99. The van der Waals surface area contributed by atoms with Crippen LogP contribution in [0.2, 0.25) is 5.02 Å². The predicted octanol–water partition coefficient (Wildman–Crippen LogP) is 2.15. The van der Waals surface area contributed by atoms with Crippen molar-refractivity contribution < 1.29 is 5.11 Å². The van der Waals surface area contributed by atoms with Crippen LogP contribution in [0.15, 0.2) is 18.2 Å². The second-order valence-electron chi connectivity index (χ2n) is 3.77. The number of benzene rings is 1. The van der Waals surface area contributed by atoms with Crippen LogP contribution in [0.1, 0.15) is 18.4 Å². The summed E-state index contributed by atoms with van der Waals surface area (Å²) in [6.45, 7) is 0. The van der Waals surface area contributed by atoms with Crippen LogP contribution in [-0.4, -0.2) is 17.3 Å². The van der Waals surface area contributed by atoms with Crippen molar-refractivity contribution in [3.8, 4) is 6.07 Å². The van der Waals surface area contributed by atoms with E-state index in [9.17, 15) is 0 Å². The van der Waals surface area contributed by atoms with Crippen LogP contribution in [0.3, 0.4) is 0 Å². The maximum absolute atomic E-state index is 9.13. The molecule has 2 N–H and O–H groups in total. The maximum Gasteiger partial charge on any atom is 0.0992 e. The molecule has 0 atom stereocenters. The summed E-state index contributed by atoms with van der Waals surface area (Å²) in [5, 5.41) is 21.6. The number of nitrogens with one attached hydrogen (secondary N) is 1. The van der Waals surface area contributed by atoms with E-state index >= 15 is 0 Å². The second kappa shape index (κ2) is 4.09. The van der Waals surface area contributed by atoms with E-state index in [0.717, 1.165) is 18.5 Å². The van der Waals surface area contributed by atoms with Crippen LogP contribution in [0.5, 0.6) is 0 Å². The number of anilines is 1. The first kappa shape index (κ1) is 10.3. The third-order valence-electron chi connectivity index (χ3n) is 2.57. The van der Waals surface area contributed by atoms with Gasteiger partial charge in [-0.15, -0.1) is 0 Å². The molecule has 1 aliphatic rings. The highest BCUT2D eigenvalue weighted by atomic mass is 35.5. The molecule has 1 saturated carbocycles. The van der Waals surface area contributed by atoms with Crippen LogP contribution in [0.25, 0.3) is 0 Å². The molecule has 78 valence electrons. The Morgan fingerprint density at radius 1 is 1.47 bits per heavy atom. The van der Waals surface area contributed by atoms with Crippen LogP contribution in [0, 0.1) is 11.3 Å². The highest BCUT2D eigenvalue weighted by Crippen LogP contribution is 2.28. The first-order chi connectivity index (χ1) is 7.19. The Hall–Kier alpha value is -1.24. The lowest BCUT2D eigenvalue weighted by Gasteiger charge is -2.33. The van der Waals surface area contributed by atoms with Crippen molar-refractivity contribution in [1.82, 2.24) is 0 Å². The summed E-state index contributed by atoms with van der Waals surface area (Å²) < 4.78 is 0. The summed E-state index contributed by atoms with van der Waals surface area (Å²) in [7, 11) is 0. The Bertz CT molecular complexity index is 408. The van der Waals surface area contributed by atoms with Gasteiger partial charge in [-0.05, 0) is 31.0 Å². The Morgan fingerprint density at radius 2 is 2.20 bits per heavy atom. The summed E-state index contributed by atoms with van der Waals surface area (Å²) in [6, 6.07) is 7.49. The molecule has 0 unspecified atom stereocenters. The zero-order valence-corrected chi connectivity index (χ0v) is 8.83. The van der Waals surface area contributed by atoms with Crippen molar-refractivity contribution in [1.29, 1.82) is 5.26 Å². The first-order valence-corrected chi connectivity index (χ1v) is 5.21. The molecule has 0 aliphatic heterocycles. The molecule has 0 radical (unpaired) electrons. The van der Waals surface area contributed by atoms with E-state index in [2.05, 4.69) is 5.32 Å². The lowest BCUT2D eigenvalue weighted by Crippen LogP contribution is -2.38. The summed E-state index contributed by atoms with van der Waals surface area (Å²) in [5.74, 6) is 0. The van der Waals surface area contributed by atoms with Crippen LogP contribution >= 0.6 is 11.6 Å². The molecule has 2 rings (SSSR count). The second-order valence-corrected chi connectivity index (χ2v) is 4.18. The van der Waals surface area contributed by atoms with Crippen molar-refractivity contribution in [2.45, 2.75) is 25.0 Å². The number of aliphatic hydroxyl groups excluding tert-OH is 1. The zero-order valence-electron chi connectivity index (χ0n) is 8.07. The molecule has 4 heteroatoms. The third-order valence-corrected chi connectivity index (χ3v) is 2.88. The number of aliphatic hydroxyl groups is 1. The average molecular weight is 223 g/mol. The van der Waals surface area contributed by atoms with Gasteiger partial charge in [-0.2, -0.15) is 5.26 Å². The minimum absolute atomic E-state index is 0.181. The van der Waals surface area contributed by atoms with Crippen molar-refractivity contribution >= 4 is 17.3 Å². The summed E-state index contributed by atoms with van der Waals surface area (Å²) in [4.78, 5) is 0. The molecule has 1 aromatic rings. The number of nitrogens with zero attached hydrogens (tertiary/aromatic N) is 1. The fraction of sp³-hybridized carbons (Fsp3) is 0.364. The van der Waals surface area contributed by atoms with E-state index in [1.165, 1.54) is 0 Å². The predicted molar refractivity (Wildman–Crippen MR) is 58.8 cm³/mol. The molecule has 0 bridgehead atoms. The fourth-order valence-electron chi connectivity index (χ4n) is 1.63. The minimum atomic E-state index is -0.181. The van der Waals surface area contributed by atoms with E-state index in [1.807, 2.05) is 6.07 Å². The van der Waals surface area contributed by atoms with E-state index in [0.29, 0.717) is 16.6 Å². The van der Waals surface area contributed by atoms with Crippen LogP contribution in [-0.2, 0) is 0 Å². The standard InChI is InChI=1S/C11H11ClN2O/c12-10-3-7(6-13)1-2-11(10)14-8-4-9(15)5-8/h1-3,8-9,14-15H,4-5H2. The molecule has 3 nitrogen and oxygen atoms in total. The normalized spacial score (nSPS) is 24.1. The van der Waals surface area contributed by atoms with Crippen LogP contribution < -0.4 is 5.32 Å². The fourth-order valence-corrected chi connectivity index (χ4v) is 1.86. The number of hydrogen-bond donors (Lipinski definition) is 2. The summed E-state index contributed by atoms with van der Waals surface area (Å²) in [6.07, 6.45) is 1.34. The van der Waals surface area contributed by atoms with Gasteiger partial charge in [-0.25, -0.2) is 0 Å². The topological polar surface area (TPSA) is 56.0 Å². The molecule has 0 saturated heterocycles. The molecule has 1 aromatic carbocycles. The highest BCUT2D eigenvalue weighted by Gasteiger charge is 2.27. The van der Waals surface area contributed by atoms with E-state index < -0.39 is 0 Å². The molecular weight excluding hydrogens is 212 g/mol. The quantitative estimate of drug-likeness (QED) is 0.806. The van der Waals surface area contributed by atoms with Crippen molar-refractivity contribution in [3.63, 3.8) is 0 Å². The van der Waals surface area contributed by atoms with Gasteiger partial charge in [0, 0.05) is 6.04 Å². The maximum atomic E-state index is 9.13. The molecule has 1 aliphatic carbocycles. The number of nitriles is 1. The Balaban J connectivity index is 2.06. The number of halogens is 1. The van der Waals surface area contributed by atoms with Crippen molar-refractivity contribution in [3.05, 3.63) is 28.8 Å². The Labute approximate surface area is 93.3 Å². The van der Waals surface area contributed by atoms with Gasteiger partial charge >= 0.3 is 0 Å². The molecule has 1 fully saturated rings. The largest absolute Gasteiger partial charge is 0.393 e. The molecule has 0 amide bonds. The van der Waals surface area contributed by atoms with Crippen molar-refractivity contribution in [2.24, 2.45) is 0 Å². The van der Waals surface area contributed by atoms with Gasteiger partial charge in [0.05, 0.1) is 28.4 Å². The lowest BCUT2D eigenvalue weighted by molar-refractivity contribution is 0.0836. The summed E-state index contributed by atoms with van der Waals surface area (Å²) in [5.41, 5.74) is 1.38. The minimum Gasteiger partial charge on any atom is -0.393 e. The first-order valence-electron chi connectivity index (χ1n) is 4.83.